The summed E-state index contributed by atoms with van der Waals surface area (Å²) in [5.74, 6) is -1.18. The van der Waals surface area contributed by atoms with Gasteiger partial charge in [0.15, 0.2) is 0 Å². The van der Waals surface area contributed by atoms with Crippen molar-refractivity contribution in [3.05, 3.63) is 35.9 Å². The number of aliphatic carboxylic acids is 1. The molecule has 0 aliphatic carbocycles. The predicted molar refractivity (Wildman–Crippen MR) is 94.4 cm³/mol. The number of hydrogen-bond acceptors (Lipinski definition) is 4. The number of benzene rings is 2. The van der Waals surface area contributed by atoms with Gasteiger partial charge in [0.1, 0.15) is 12.3 Å². The molecular weight excluding hydrogens is 344 g/mol. The standard InChI is InChI=1S/C17H18N2O5S/c20-15-9-12-6-5-11(3-1-2-4-17(22)23)7-13(12)8-14(15)19-10-16(21)18-25(19)24/h5-9,20H,1-4,10H2,(H,18,21)(H,22,23). The van der Waals surface area contributed by atoms with E-state index >= 15 is 0 Å². The quantitative estimate of drug-likeness (QED) is 0.680. The molecule has 132 valence electrons. The number of fused-ring (bicyclic) bond motifs is 1. The third-order valence-electron chi connectivity index (χ3n) is 4.06. The van der Waals surface area contributed by atoms with Crippen molar-refractivity contribution in [2.24, 2.45) is 0 Å². The van der Waals surface area contributed by atoms with Gasteiger partial charge in [-0.1, -0.05) is 18.2 Å². The number of aromatic hydroxyl groups is 1. The van der Waals surface area contributed by atoms with E-state index in [1.165, 1.54) is 4.31 Å². The predicted octanol–water partition coefficient (Wildman–Crippen LogP) is 1.86. The van der Waals surface area contributed by atoms with Gasteiger partial charge in [0, 0.05) is 6.42 Å². The number of carbonyl (C=O) groups excluding carboxylic acids is 1. The Labute approximate surface area is 147 Å². The van der Waals surface area contributed by atoms with E-state index in [-0.39, 0.29) is 24.6 Å². The zero-order chi connectivity index (χ0) is 18.0. The fraction of sp³-hybridized carbons (Fsp3) is 0.294. The highest BCUT2D eigenvalue weighted by molar-refractivity contribution is 7.85. The molecule has 2 aromatic rings. The summed E-state index contributed by atoms with van der Waals surface area (Å²) in [6.45, 7) is -0.0689. The van der Waals surface area contributed by atoms with Crippen LogP contribution in [-0.4, -0.2) is 32.8 Å². The molecule has 8 heteroatoms. The fourth-order valence-electron chi connectivity index (χ4n) is 2.83. The minimum Gasteiger partial charge on any atom is -0.506 e. The van der Waals surface area contributed by atoms with Crippen LogP contribution in [0.1, 0.15) is 24.8 Å². The number of anilines is 1. The average Bonchev–Trinajstić information content (AvgIpc) is 2.89. The molecule has 0 bridgehead atoms. The van der Waals surface area contributed by atoms with E-state index in [0.29, 0.717) is 12.1 Å². The van der Waals surface area contributed by atoms with Gasteiger partial charge in [-0.25, -0.2) is 4.21 Å². The Morgan fingerprint density at radius 3 is 2.68 bits per heavy atom. The van der Waals surface area contributed by atoms with Crippen LogP contribution in [0.25, 0.3) is 10.8 Å². The van der Waals surface area contributed by atoms with E-state index in [2.05, 4.69) is 4.72 Å². The number of carbonyl (C=O) groups is 2. The Morgan fingerprint density at radius 1 is 1.20 bits per heavy atom. The van der Waals surface area contributed by atoms with Crippen molar-refractivity contribution in [2.75, 3.05) is 10.8 Å². The first kappa shape index (κ1) is 17.2. The van der Waals surface area contributed by atoms with E-state index in [4.69, 9.17) is 5.11 Å². The molecular formula is C17H18N2O5S. The lowest BCUT2D eigenvalue weighted by atomic mass is 10.0. The van der Waals surface area contributed by atoms with Crippen molar-refractivity contribution in [3.8, 4) is 5.75 Å². The van der Waals surface area contributed by atoms with Gasteiger partial charge in [-0.05, 0) is 47.7 Å². The van der Waals surface area contributed by atoms with Gasteiger partial charge in [-0.2, -0.15) is 0 Å². The van der Waals surface area contributed by atoms with Crippen LogP contribution < -0.4 is 9.03 Å². The minimum absolute atomic E-state index is 0.0356. The Bertz CT molecular complexity index is 867. The minimum atomic E-state index is -1.69. The highest BCUT2D eigenvalue weighted by Crippen LogP contribution is 2.34. The van der Waals surface area contributed by atoms with Gasteiger partial charge in [-0.3, -0.25) is 18.6 Å². The van der Waals surface area contributed by atoms with Crippen molar-refractivity contribution in [1.29, 1.82) is 0 Å². The summed E-state index contributed by atoms with van der Waals surface area (Å²) >= 11 is -1.69. The van der Waals surface area contributed by atoms with E-state index in [9.17, 15) is 18.9 Å². The van der Waals surface area contributed by atoms with Gasteiger partial charge in [0.25, 0.3) is 5.91 Å². The Hall–Kier alpha value is -2.61. The van der Waals surface area contributed by atoms with Crippen LogP contribution in [-0.2, 0) is 27.2 Å². The summed E-state index contributed by atoms with van der Waals surface area (Å²) < 4.78 is 15.5. The largest absolute Gasteiger partial charge is 0.506 e. The van der Waals surface area contributed by atoms with Crippen LogP contribution in [0, 0.1) is 0 Å². The van der Waals surface area contributed by atoms with Crippen LogP contribution in [0.3, 0.4) is 0 Å². The Morgan fingerprint density at radius 2 is 2.00 bits per heavy atom. The molecule has 3 rings (SSSR count). The third-order valence-corrected chi connectivity index (χ3v) is 5.19. The number of amides is 1. The molecule has 0 radical (unpaired) electrons. The van der Waals surface area contributed by atoms with E-state index < -0.39 is 17.1 Å². The number of rotatable bonds is 6. The number of phenols is 1. The molecule has 3 N–H and O–H groups in total. The van der Waals surface area contributed by atoms with Gasteiger partial charge >= 0.3 is 5.97 Å². The molecule has 1 fully saturated rings. The third kappa shape index (κ3) is 3.90. The monoisotopic (exact) mass is 362 g/mol. The molecule has 0 saturated carbocycles. The maximum atomic E-state index is 11.9. The van der Waals surface area contributed by atoms with Crippen molar-refractivity contribution < 1.29 is 24.0 Å². The highest BCUT2D eigenvalue weighted by Gasteiger charge is 2.28. The number of nitrogens with one attached hydrogen (secondary N) is 1. The van der Waals surface area contributed by atoms with Crippen molar-refractivity contribution in [2.45, 2.75) is 25.7 Å². The molecule has 1 amide bonds. The molecule has 1 saturated heterocycles. The lowest BCUT2D eigenvalue weighted by molar-refractivity contribution is -0.137. The number of phenolic OH excluding ortho intramolecular Hbond substituents is 1. The normalized spacial score (nSPS) is 17.0. The average molecular weight is 362 g/mol. The maximum Gasteiger partial charge on any atom is 0.303 e. The first-order chi connectivity index (χ1) is 11.9. The molecule has 2 aromatic carbocycles. The summed E-state index contributed by atoms with van der Waals surface area (Å²) in [4.78, 5) is 21.9. The fourth-order valence-corrected chi connectivity index (χ4v) is 3.76. The molecule has 25 heavy (non-hydrogen) atoms. The van der Waals surface area contributed by atoms with Crippen molar-refractivity contribution >= 4 is 39.5 Å². The number of carboxylic acid groups (broad SMARTS) is 1. The number of hydrogen-bond donors (Lipinski definition) is 3. The van der Waals surface area contributed by atoms with Crippen LogP contribution >= 0.6 is 0 Å². The molecule has 1 aliphatic rings. The van der Waals surface area contributed by atoms with Crippen LogP contribution in [0.15, 0.2) is 30.3 Å². The molecule has 0 spiro atoms. The number of unbranched alkanes of at least 4 members (excludes halogenated alkanes) is 1. The molecule has 1 aliphatic heterocycles. The zero-order valence-corrected chi connectivity index (χ0v) is 14.2. The first-order valence-electron chi connectivity index (χ1n) is 7.90. The maximum absolute atomic E-state index is 11.9. The van der Waals surface area contributed by atoms with Gasteiger partial charge in [-0.15, -0.1) is 0 Å². The van der Waals surface area contributed by atoms with Gasteiger partial charge in [0.05, 0.1) is 5.69 Å². The molecule has 0 aromatic heterocycles. The summed E-state index contributed by atoms with van der Waals surface area (Å²) in [7, 11) is 0. The second-order valence-electron chi connectivity index (χ2n) is 5.93. The molecule has 7 nitrogen and oxygen atoms in total. The van der Waals surface area contributed by atoms with E-state index in [0.717, 1.165) is 29.2 Å². The second-order valence-corrected chi connectivity index (χ2v) is 7.08. The van der Waals surface area contributed by atoms with Crippen molar-refractivity contribution in [1.82, 2.24) is 4.72 Å². The van der Waals surface area contributed by atoms with Crippen LogP contribution in [0.5, 0.6) is 5.75 Å². The first-order valence-corrected chi connectivity index (χ1v) is 9.01. The number of nitrogens with zero attached hydrogens (tertiary/aromatic N) is 1. The lowest BCUT2D eigenvalue weighted by Gasteiger charge is -2.16. The smallest absolute Gasteiger partial charge is 0.303 e. The van der Waals surface area contributed by atoms with Gasteiger partial charge in [0.2, 0.25) is 11.2 Å². The summed E-state index contributed by atoms with van der Waals surface area (Å²) in [5, 5.41) is 20.6. The van der Waals surface area contributed by atoms with E-state index in [1.54, 1.807) is 12.1 Å². The highest BCUT2D eigenvalue weighted by atomic mass is 32.2. The summed E-state index contributed by atoms with van der Waals surface area (Å²) in [6, 6.07) is 9.09. The van der Waals surface area contributed by atoms with Crippen LogP contribution in [0.2, 0.25) is 0 Å². The Kier molecular flexibility index (Phi) is 4.89. The molecule has 1 atom stereocenters. The van der Waals surface area contributed by atoms with Crippen molar-refractivity contribution in [3.63, 3.8) is 0 Å². The SMILES string of the molecule is O=C(O)CCCCc1ccc2cc(O)c(N3CC(=O)NS3=O)cc2c1. The van der Waals surface area contributed by atoms with Gasteiger partial charge < -0.3 is 10.2 Å². The number of aryl methyl sites for hydroxylation is 1. The topological polar surface area (TPSA) is 107 Å². The van der Waals surface area contributed by atoms with Crippen LogP contribution in [0.4, 0.5) is 5.69 Å². The molecule has 1 unspecified atom stereocenters. The summed E-state index contributed by atoms with van der Waals surface area (Å²) in [5.41, 5.74) is 1.40. The zero-order valence-electron chi connectivity index (χ0n) is 13.4. The van der Waals surface area contributed by atoms with E-state index in [1.807, 2.05) is 18.2 Å². The lowest BCUT2D eigenvalue weighted by Crippen LogP contribution is -2.22. The molecule has 1 heterocycles. The Balaban J connectivity index is 1.83. The summed E-state index contributed by atoms with van der Waals surface area (Å²) in [6.07, 6.45) is 2.31. The number of carboxylic acids is 1. The second kappa shape index (κ2) is 7.10.